The first kappa shape index (κ1) is 12.4. The van der Waals surface area contributed by atoms with Gasteiger partial charge >= 0.3 is 0 Å². The number of hydrogen-bond acceptors (Lipinski definition) is 3. The topological polar surface area (TPSA) is 70.2 Å². The lowest BCUT2D eigenvalue weighted by atomic mass is 10.2. The van der Waals surface area contributed by atoms with Crippen molar-refractivity contribution in [2.45, 2.75) is 39.5 Å². The quantitative estimate of drug-likeness (QED) is 0.818. The second kappa shape index (κ2) is 6.05. The van der Waals surface area contributed by atoms with E-state index in [2.05, 4.69) is 53.1 Å². The van der Waals surface area contributed by atoms with Gasteiger partial charge in [-0.25, -0.2) is 4.98 Å². The van der Waals surface area contributed by atoms with Gasteiger partial charge in [-0.1, -0.05) is 27.7 Å². The second-order valence-corrected chi connectivity index (χ2v) is 4.21. The summed E-state index contributed by atoms with van der Waals surface area (Å²) < 4.78 is 0. The zero-order valence-corrected chi connectivity index (χ0v) is 10.2. The van der Waals surface area contributed by atoms with Crippen molar-refractivity contribution >= 4 is 0 Å². The molecule has 0 saturated heterocycles. The molecule has 0 radical (unpaired) electrons. The molecule has 0 unspecified atom stereocenters. The van der Waals surface area contributed by atoms with E-state index >= 15 is 0 Å². The Kier molecular flexibility index (Phi) is 4.69. The van der Waals surface area contributed by atoms with Gasteiger partial charge in [0.2, 0.25) is 0 Å². The van der Waals surface area contributed by atoms with Crippen molar-refractivity contribution in [2.24, 2.45) is 0 Å². The lowest BCUT2D eigenvalue weighted by molar-refractivity contribution is 0.804. The molecule has 0 spiro atoms. The third kappa shape index (κ3) is 3.84. The van der Waals surface area contributed by atoms with E-state index in [1.165, 1.54) is 5.69 Å². The van der Waals surface area contributed by atoms with Crippen LogP contribution in [0, 0.1) is 0 Å². The lowest BCUT2D eigenvalue weighted by Gasteiger charge is -1.95. The van der Waals surface area contributed by atoms with Crippen LogP contribution in [-0.2, 0) is 0 Å². The predicted octanol–water partition coefficient (Wildman–Crippen LogP) is 2.46. The number of aromatic amines is 2. The minimum atomic E-state index is 0.480. The smallest absolute Gasteiger partial charge is 0.0921 e. The molecule has 0 saturated carbocycles. The molecule has 0 aliphatic rings. The highest BCUT2D eigenvalue weighted by molar-refractivity contribution is 4.99. The summed E-state index contributed by atoms with van der Waals surface area (Å²) in [4.78, 5) is 6.91. The monoisotopic (exact) mass is 221 g/mol. The first-order chi connectivity index (χ1) is 7.61. The first-order valence-corrected chi connectivity index (χ1v) is 5.45. The maximum atomic E-state index is 3.89. The zero-order valence-electron chi connectivity index (χ0n) is 10.2. The summed E-state index contributed by atoms with van der Waals surface area (Å²) in [5.74, 6) is 1.05. The largest absolute Gasteiger partial charge is 0.348 e. The van der Waals surface area contributed by atoms with Crippen LogP contribution in [0.1, 0.15) is 50.9 Å². The van der Waals surface area contributed by atoms with E-state index in [9.17, 15) is 0 Å². The van der Waals surface area contributed by atoms with Crippen LogP contribution in [0.4, 0.5) is 0 Å². The van der Waals surface area contributed by atoms with E-state index in [1.54, 1.807) is 12.5 Å². The summed E-state index contributed by atoms with van der Waals surface area (Å²) in [6.07, 6.45) is 5.30. The third-order valence-electron chi connectivity index (χ3n) is 2.17. The van der Waals surface area contributed by atoms with Crippen LogP contribution in [0.25, 0.3) is 0 Å². The fraction of sp³-hybridized carbons (Fsp3) is 0.545. The summed E-state index contributed by atoms with van der Waals surface area (Å²) in [6, 6.07) is 0. The SMILES string of the molecule is CC(C)c1cn[nH]n1.CC(C)c1cnc[nH]1. The molecule has 0 bridgehead atoms. The van der Waals surface area contributed by atoms with Crippen molar-refractivity contribution in [3.05, 3.63) is 30.1 Å². The van der Waals surface area contributed by atoms with Crippen LogP contribution in [0.3, 0.4) is 0 Å². The molecule has 88 valence electrons. The van der Waals surface area contributed by atoms with Crippen LogP contribution in [0.15, 0.2) is 18.7 Å². The summed E-state index contributed by atoms with van der Waals surface area (Å²) >= 11 is 0. The van der Waals surface area contributed by atoms with Gasteiger partial charge < -0.3 is 4.98 Å². The minimum Gasteiger partial charge on any atom is -0.348 e. The molecule has 0 aromatic carbocycles. The molecule has 2 aromatic heterocycles. The summed E-state index contributed by atoms with van der Waals surface area (Å²) in [5.41, 5.74) is 2.22. The van der Waals surface area contributed by atoms with Gasteiger partial charge in [-0.15, -0.1) is 0 Å². The van der Waals surface area contributed by atoms with Crippen LogP contribution in [0.2, 0.25) is 0 Å². The van der Waals surface area contributed by atoms with E-state index in [4.69, 9.17) is 0 Å². The predicted molar refractivity (Wildman–Crippen MR) is 63.1 cm³/mol. The molecule has 0 aliphatic carbocycles. The van der Waals surface area contributed by atoms with Gasteiger partial charge in [-0.2, -0.15) is 15.4 Å². The lowest BCUT2D eigenvalue weighted by Crippen LogP contribution is -1.85. The van der Waals surface area contributed by atoms with Crippen molar-refractivity contribution in [3.63, 3.8) is 0 Å². The Morgan fingerprint density at radius 1 is 1.06 bits per heavy atom. The van der Waals surface area contributed by atoms with E-state index in [-0.39, 0.29) is 0 Å². The van der Waals surface area contributed by atoms with Crippen molar-refractivity contribution in [1.82, 2.24) is 25.4 Å². The fourth-order valence-corrected chi connectivity index (χ4v) is 1.07. The van der Waals surface area contributed by atoms with Crippen LogP contribution >= 0.6 is 0 Å². The molecule has 0 aliphatic heterocycles. The van der Waals surface area contributed by atoms with Gasteiger partial charge in [0.15, 0.2) is 0 Å². The van der Waals surface area contributed by atoms with Gasteiger partial charge in [0.05, 0.1) is 18.2 Å². The number of imidazole rings is 1. The van der Waals surface area contributed by atoms with Crippen LogP contribution < -0.4 is 0 Å². The molecule has 2 heterocycles. The summed E-state index contributed by atoms with van der Waals surface area (Å²) in [6.45, 7) is 8.43. The minimum absolute atomic E-state index is 0.480. The van der Waals surface area contributed by atoms with Gasteiger partial charge in [0.25, 0.3) is 0 Å². The molecule has 0 fully saturated rings. The Morgan fingerprint density at radius 3 is 2.06 bits per heavy atom. The van der Waals surface area contributed by atoms with Gasteiger partial charge in [-0.05, 0) is 11.8 Å². The zero-order chi connectivity index (χ0) is 12.0. The van der Waals surface area contributed by atoms with E-state index in [0.717, 1.165) is 5.69 Å². The first-order valence-electron chi connectivity index (χ1n) is 5.45. The standard InChI is InChI=1S/C6H10N2.C5H9N3/c1-5(2)6-3-7-4-8-6;1-4(2)5-3-6-8-7-5/h3-5H,1-2H3,(H,7,8);3-4H,1-2H3,(H,6,7,8). The summed E-state index contributed by atoms with van der Waals surface area (Å²) in [7, 11) is 0. The normalized spacial score (nSPS) is 10.4. The Labute approximate surface area is 95.7 Å². The maximum absolute atomic E-state index is 3.89. The number of hydrogen-bond donors (Lipinski definition) is 2. The highest BCUT2D eigenvalue weighted by Gasteiger charge is 1.98. The van der Waals surface area contributed by atoms with E-state index < -0.39 is 0 Å². The molecular formula is C11H19N5. The molecule has 5 heteroatoms. The Morgan fingerprint density at radius 2 is 1.81 bits per heavy atom. The van der Waals surface area contributed by atoms with Crippen molar-refractivity contribution in [2.75, 3.05) is 0 Å². The Hall–Kier alpha value is -1.65. The number of rotatable bonds is 2. The van der Waals surface area contributed by atoms with Crippen LogP contribution in [-0.4, -0.2) is 25.4 Å². The van der Waals surface area contributed by atoms with E-state index in [1.807, 2.05) is 6.20 Å². The van der Waals surface area contributed by atoms with Gasteiger partial charge in [0, 0.05) is 11.9 Å². The van der Waals surface area contributed by atoms with Crippen molar-refractivity contribution in [1.29, 1.82) is 0 Å². The second-order valence-electron chi connectivity index (χ2n) is 4.21. The summed E-state index contributed by atoms with van der Waals surface area (Å²) in [5, 5.41) is 10.1. The molecule has 0 atom stereocenters. The van der Waals surface area contributed by atoms with Gasteiger partial charge in [0.1, 0.15) is 0 Å². The highest BCUT2D eigenvalue weighted by atomic mass is 15.3. The third-order valence-corrected chi connectivity index (χ3v) is 2.17. The molecule has 5 nitrogen and oxygen atoms in total. The van der Waals surface area contributed by atoms with Crippen molar-refractivity contribution < 1.29 is 0 Å². The number of nitrogens with one attached hydrogen (secondary N) is 2. The number of H-pyrrole nitrogens is 2. The maximum Gasteiger partial charge on any atom is 0.0921 e. The highest BCUT2D eigenvalue weighted by Crippen LogP contribution is 2.07. The Bertz CT molecular complexity index is 323. The number of nitrogens with zero attached hydrogens (tertiary/aromatic N) is 3. The molecule has 2 N–H and O–H groups in total. The molecule has 16 heavy (non-hydrogen) atoms. The van der Waals surface area contributed by atoms with Crippen LogP contribution in [0.5, 0.6) is 0 Å². The molecule has 2 aromatic rings. The molecular weight excluding hydrogens is 202 g/mol. The number of aromatic nitrogens is 5. The molecule has 0 amide bonds. The van der Waals surface area contributed by atoms with E-state index in [0.29, 0.717) is 11.8 Å². The fourth-order valence-electron chi connectivity index (χ4n) is 1.07. The Balaban J connectivity index is 0.000000160. The molecule has 2 rings (SSSR count). The average Bonchev–Trinajstić information content (AvgIpc) is 2.93. The van der Waals surface area contributed by atoms with Crippen molar-refractivity contribution in [3.8, 4) is 0 Å². The van der Waals surface area contributed by atoms with Gasteiger partial charge in [-0.3, -0.25) is 0 Å². The average molecular weight is 221 g/mol.